The topological polar surface area (TPSA) is 66.0 Å². The standard InChI is InChI=1S/C16H12BN2O2/c18-9-13-1-5-15(6-2-13)11-20-17-21-12-16-7-3-14(10-19)4-8-16/h1-8H,11-12H2. The van der Waals surface area contributed by atoms with E-state index < -0.39 is 0 Å². The fourth-order valence-corrected chi connectivity index (χ4v) is 1.66. The lowest BCUT2D eigenvalue weighted by atomic mass is 10.1. The summed E-state index contributed by atoms with van der Waals surface area (Å²) in [7, 11) is 1.30. The van der Waals surface area contributed by atoms with Crippen molar-refractivity contribution in [3.05, 3.63) is 70.8 Å². The molecular weight excluding hydrogens is 263 g/mol. The minimum absolute atomic E-state index is 0.388. The van der Waals surface area contributed by atoms with Gasteiger partial charge < -0.3 is 9.31 Å². The van der Waals surface area contributed by atoms with Crippen LogP contribution in [0.1, 0.15) is 22.3 Å². The van der Waals surface area contributed by atoms with E-state index in [9.17, 15) is 0 Å². The van der Waals surface area contributed by atoms with Crippen LogP contribution in [0.15, 0.2) is 48.5 Å². The van der Waals surface area contributed by atoms with Gasteiger partial charge in [-0.15, -0.1) is 0 Å². The fourth-order valence-electron chi connectivity index (χ4n) is 1.66. The molecule has 0 saturated heterocycles. The van der Waals surface area contributed by atoms with Gasteiger partial charge in [-0.1, -0.05) is 24.3 Å². The Morgan fingerprint density at radius 1 is 0.714 bits per heavy atom. The quantitative estimate of drug-likeness (QED) is 0.600. The van der Waals surface area contributed by atoms with Gasteiger partial charge in [-0.25, -0.2) is 0 Å². The second-order valence-corrected chi connectivity index (χ2v) is 4.34. The van der Waals surface area contributed by atoms with E-state index >= 15 is 0 Å². The summed E-state index contributed by atoms with van der Waals surface area (Å²) in [6, 6.07) is 18.5. The molecule has 101 valence electrons. The van der Waals surface area contributed by atoms with E-state index in [1.54, 1.807) is 24.3 Å². The molecule has 0 fully saturated rings. The molecule has 2 aromatic rings. The molecule has 1 radical (unpaired) electrons. The van der Waals surface area contributed by atoms with Crippen LogP contribution in [-0.2, 0) is 22.5 Å². The smallest absolute Gasteiger partial charge is 0.409 e. The summed E-state index contributed by atoms with van der Waals surface area (Å²) in [6.45, 7) is 0.776. The molecule has 4 nitrogen and oxygen atoms in total. The first-order chi connectivity index (χ1) is 10.3. The van der Waals surface area contributed by atoms with Gasteiger partial charge in [0.2, 0.25) is 0 Å². The van der Waals surface area contributed by atoms with Crippen molar-refractivity contribution in [1.82, 2.24) is 0 Å². The van der Waals surface area contributed by atoms with Crippen molar-refractivity contribution in [2.45, 2.75) is 13.2 Å². The third kappa shape index (κ3) is 4.78. The van der Waals surface area contributed by atoms with Crippen LogP contribution in [0.3, 0.4) is 0 Å². The summed E-state index contributed by atoms with van der Waals surface area (Å²) in [5.74, 6) is 0. The zero-order valence-electron chi connectivity index (χ0n) is 11.3. The number of nitriles is 2. The van der Waals surface area contributed by atoms with Gasteiger partial charge in [0.15, 0.2) is 0 Å². The molecule has 0 amide bonds. The van der Waals surface area contributed by atoms with E-state index in [0.29, 0.717) is 24.3 Å². The van der Waals surface area contributed by atoms with Crippen molar-refractivity contribution < 1.29 is 9.31 Å². The molecule has 0 aromatic heterocycles. The van der Waals surface area contributed by atoms with Crippen molar-refractivity contribution in [2.75, 3.05) is 0 Å². The van der Waals surface area contributed by atoms with Crippen LogP contribution in [-0.4, -0.2) is 7.69 Å². The van der Waals surface area contributed by atoms with Crippen molar-refractivity contribution >= 4 is 7.69 Å². The average molecular weight is 275 g/mol. The third-order valence-corrected chi connectivity index (χ3v) is 2.80. The van der Waals surface area contributed by atoms with Crippen LogP contribution in [0.25, 0.3) is 0 Å². The maximum atomic E-state index is 8.69. The molecule has 2 rings (SSSR count). The molecule has 0 N–H and O–H groups in total. The molecule has 5 heteroatoms. The zero-order chi connectivity index (χ0) is 14.9. The molecule has 0 saturated carbocycles. The predicted octanol–water partition coefficient (Wildman–Crippen LogP) is 2.70. The van der Waals surface area contributed by atoms with Crippen molar-refractivity contribution in [3.8, 4) is 12.1 Å². The SMILES string of the molecule is N#Cc1ccc(CO[B]OCc2ccc(C#N)cc2)cc1. The Morgan fingerprint density at radius 2 is 1.10 bits per heavy atom. The molecule has 21 heavy (non-hydrogen) atoms. The van der Waals surface area contributed by atoms with Gasteiger partial charge >= 0.3 is 7.69 Å². The highest BCUT2D eigenvalue weighted by Crippen LogP contribution is 2.06. The molecule has 0 heterocycles. The minimum atomic E-state index is 0.388. The van der Waals surface area contributed by atoms with E-state index in [2.05, 4.69) is 12.1 Å². The first-order valence-electron chi connectivity index (χ1n) is 6.35. The Labute approximate surface area is 124 Å². The van der Waals surface area contributed by atoms with Gasteiger partial charge in [-0.2, -0.15) is 10.5 Å². The van der Waals surface area contributed by atoms with Crippen LogP contribution in [0, 0.1) is 22.7 Å². The molecule has 0 spiro atoms. The number of nitrogens with zero attached hydrogens (tertiary/aromatic N) is 2. The number of hydrogen-bond acceptors (Lipinski definition) is 4. The van der Waals surface area contributed by atoms with E-state index in [1.807, 2.05) is 24.3 Å². The summed E-state index contributed by atoms with van der Waals surface area (Å²) in [5, 5.41) is 17.4. The summed E-state index contributed by atoms with van der Waals surface area (Å²) in [4.78, 5) is 0. The Hall–Kier alpha value is -2.60. The summed E-state index contributed by atoms with van der Waals surface area (Å²) < 4.78 is 10.6. The van der Waals surface area contributed by atoms with Crippen molar-refractivity contribution in [3.63, 3.8) is 0 Å². The monoisotopic (exact) mass is 275 g/mol. The second-order valence-electron chi connectivity index (χ2n) is 4.34. The molecule has 0 aliphatic rings. The summed E-state index contributed by atoms with van der Waals surface area (Å²) in [5.41, 5.74) is 3.18. The normalized spacial score (nSPS) is 9.62. The molecule has 0 aliphatic heterocycles. The Bertz CT molecular complexity index is 595. The fraction of sp³-hybridized carbons (Fsp3) is 0.125. The van der Waals surface area contributed by atoms with Crippen LogP contribution in [0.2, 0.25) is 0 Å². The summed E-state index contributed by atoms with van der Waals surface area (Å²) >= 11 is 0. The number of hydrogen-bond donors (Lipinski definition) is 0. The first-order valence-corrected chi connectivity index (χ1v) is 6.35. The minimum Gasteiger partial charge on any atom is -0.409 e. The molecule has 2 aromatic carbocycles. The van der Waals surface area contributed by atoms with E-state index in [0.717, 1.165) is 11.1 Å². The molecule has 0 atom stereocenters. The van der Waals surface area contributed by atoms with Crippen LogP contribution in [0.5, 0.6) is 0 Å². The van der Waals surface area contributed by atoms with Crippen LogP contribution < -0.4 is 0 Å². The van der Waals surface area contributed by atoms with E-state index in [4.69, 9.17) is 19.8 Å². The first kappa shape index (κ1) is 14.8. The molecule has 0 unspecified atom stereocenters. The maximum Gasteiger partial charge on any atom is 0.488 e. The largest absolute Gasteiger partial charge is 0.488 e. The van der Waals surface area contributed by atoms with Gasteiger partial charge in [0.05, 0.1) is 36.5 Å². The average Bonchev–Trinajstić information content (AvgIpc) is 2.55. The van der Waals surface area contributed by atoms with Crippen molar-refractivity contribution in [1.29, 1.82) is 10.5 Å². The Morgan fingerprint density at radius 3 is 1.43 bits per heavy atom. The maximum absolute atomic E-state index is 8.69. The Balaban J connectivity index is 1.67. The highest BCUT2D eigenvalue weighted by molar-refractivity contribution is 6.17. The zero-order valence-corrected chi connectivity index (χ0v) is 11.3. The molecule has 0 aliphatic carbocycles. The summed E-state index contributed by atoms with van der Waals surface area (Å²) in [6.07, 6.45) is 0. The van der Waals surface area contributed by atoms with Gasteiger partial charge in [0.25, 0.3) is 0 Å². The Kier molecular flexibility index (Phi) is 5.54. The van der Waals surface area contributed by atoms with E-state index in [1.165, 1.54) is 7.69 Å². The molecular formula is C16H12BN2O2. The number of benzene rings is 2. The highest BCUT2D eigenvalue weighted by Gasteiger charge is 1.99. The third-order valence-electron chi connectivity index (χ3n) is 2.80. The van der Waals surface area contributed by atoms with Crippen LogP contribution >= 0.6 is 0 Å². The van der Waals surface area contributed by atoms with Gasteiger partial charge in [0, 0.05) is 0 Å². The van der Waals surface area contributed by atoms with Crippen molar-refractivity contribution in [2.24, 2.45) is 0 Å². The van der Waals surface area contributed by atoms with Gasteiger partial charge in [0.1, 0.15) is 0 Å². The van der Waals surface area contributed by atoms with E-state index in [-0.39, 0.29) is 0 Å². The lowest BCUT2D eigenvalue weighted by Crippen LogP contribution is -2.05. The number of rotatable bonds is 6. The second kappa shape index (κ2) is 7.86. The lowest BCUT2D eigenvalue weighted by molar-refractivity contribution is 0.207. The van der Waals surface area contributed by atoms with Gasteiger partial charge in [-0.05, 0) is 35.4 Å². The van der Waals surface area contributed by atoms with Gasteiger partial charge in [-0.3, -0.25) is 0 Å². The highest BCUT2D eigenvalue weighted by atomic mass is 16.6. The predicted molar refractivity (Wildman–Crippen MR) is 77.6 cm³/mol. The molecule has 0 bridgehead atoms. The van der Waals surface area contributed by atoms with Crippen LogP contribution in [0.4, 0.5) is 0 Å². The lowest BCUT2D eigenvalue weighted by Gasteiger charge is -2.05.